The zero-order valence-corrected chi connectivity index (χ0v) is 16.9. The third-order valence-electron chi connectivity index (χ3n) is 3.67. The highest BCUT2D eigenvalue weighted by molar-refractivity contribution is 14.0. The van der Waals surface area contributed by atoms with E-state index >= 15 is 0 Å². The Morgan fingerprint density at radius 3 is 2.57 bits per heavy atom. The van der Waals surface area contributed by atoms with E-state index in [9.17, 15) is 0 Å². The Balaban J connectivity index is 0.00000264. The molecule has 0 spiro atoms. The van der Waals surface area contributed by atoms with Gasteiger partial charge in [-0.25, -0.2) is 0 Å². The van der Waals surface area contributed by atoms with Crippen LogP contribution in [0.5, 0.6) is 11.5 Å². The molecule has 6 heteroatoms. The molecule has 0 N–H and O–H groups in total. The van der Waals surface area contributed by atoms with Crippen LogP contribution in [0.2, 0.25) is 5.02 Å². The van der Waals surface area contributed by atoms with Gasteiger partial charge in [-0.05, 0) is 25.0 Å². The number of ether oxygens (including phenoxy) is 2. The van der Waals surface area contributed by atoms with Crippen LogP contribution in [0, 0.1) is 0 Å². The molecule has 23 heavy (non-hydrogen) atoms. The number of unbranched alkanes of at least 4 members (excludes halogenated alkanes) is 3. The molecule has 0 amide bonds. The Bertz CT molecular complexity index is 499. The van der Waals surface area contributed by atoms with Gasteiger partial charge in [0.05, 0.1) is 25.4 Å². The number of nitrogens with zero attached hydrogens (tertiary/aromatic N) is 2. The molecule has 4 nitrogen and oxygen atoms in total. The molecule has 0 aromatic heterocycles. The number of methoxy groups -OCH3 is 1. The van der Waals surface area contributed by atoms with Crippen molar-refractivity contribution in [2.45, 2.75) is 25.7 Å². The van der Waals surface area contributed by atoms with E-state index in [1.807, 2.05) is 12.1 Å². The van der Waals surface area contributed by atoms with E-state index in [2.05, 4.69) is 29.2 Å². The molecule has 1 aliphatic rings. The highest BCUT2D eigenvalue weighted by Gasteiger charge is 2.07. The normalized spacial score (nSPS) is 13.2. The van der Waals surface area contributed by atoms with Gasteiger partial charge in [0.15, 0.2) is 0 Å². The molecule has 0 saturated carbocycles. The van der Waals surface area contributed by atoms with E-state index in [1.165, 1.54) is 19.3 Å². The van der Waals surface area contributed by atoms with Crippen molar-refractivity contribution in [3.05, 3.63) is 35.6 Å². The standard InChI is InChI=1S/C17H25ClN2O2.HI/c1-19-10-11-20(14-19)9-5-3-4-6-12-22-17-8-7-15(21-2)13-16(17)18;/h7-8,10-11,13H,3-6,9,12,14H2,1-2H3;1H. The zero-order chi connectivity index (χ0) is 15.8. The Labute approximate surface area is 161 Å². The van der Waals surface area contributed by atoms with Gasteiger partial charge in [-0.3, -0.25) is 0 Å². The van der Waals surface area contributed by atoms with E-state index in [0.29, 0.717) is 11.6 Å². The van der Waals surface area contributed by atoms with Crippen LogP contribution in [0.3, 0.4) is 0 Å². The molecule has 130 valence electrons. The molecule has 1 aromatic rings. The van der Waals surface area contributed by atoms with E-state index < -0.39 is 0 Å². The largest absolute Gasteiger partial charge is 0.497 e. The van der Waals surface area contributed by atoms with Gasteiger partial charge >= 0.3 is 0 Å². The minimum Gasteiger partial charge on any atom is -0.497 e. The second-order valence-corrected chi connectivity index (χ2v) is 5.98. The van der Waals surface area contributed by atoms with Crippen LogP contribution in [0.25, 0.3) is 0 Å². The molecule has 0 aliphatic carbocycles. The lowest BCUT2D eigenvalue weighted by atomic mass is 10.2. The summed E-state index contributed by atoms with van der Waals surface area (Å²) in [6, 6.07) is 5.50. The number of benzene rings is 1. The molecule has 0 unspecified atom stereocenters. The van der Waals surface area contributed by atoms with E-state index in [-0.39, 0.29) is 24.0 Å². The second-order valence-electron chi connectivity index (χ2n) is 5.57. The number of rotatable bonds is 9. The van der Waals surface area contributed by atoms with Crippen molar-refractivity contribution in [2.75, 3.05) is 34.0 Å². The molecular formula is C17H26ClIN2O2. The van der Waals surface area contributed by atoms with Crippen molar-refractivity contribution >= 4 is 35.6 Å². The molecule has 0 bridgehead atoms. The summed E-state index contributed by atoms with van der Waals surface area (Å²) in [5.41, 5.74) is 0. The fourth-order valence-electron chi connectivity index (χ4n) is 2.41. The van der Waals surface area contributed by atoms with Gasteiger partial charge in [0.1, 0.15) is 11.5 Å². The lowest BCUT2D eigenvalue weighted by Crippen LogP contribution is -2.23. The lowest BCUT2D eigenvalue weighted by Gasteiger charge is -2.17. The van der Waals surface area contributed by atoms with Crippen molar-refractivity contribution in [3.63, 3.8) is 0 Å². The van der Waals surface area contributed by atoms with Crippen LogP contribution in [0.4, 0.5) is 0 Å². The second kappa shape index (κ2) is 10.9. The van der Waals surface area contributed by atoms with Gasteiger partial charge in [-0.1, -0.05) is 24.4 Å². The maximum Gasteiger partial charge on any atom is 0.138 e. The van der Waals surface area contributed by atoms with Crippen molar-refractivity contribution in [1.82, 2.24) is 9.80 Å². The average molecular weight is 453 g/mol. The summed E-state index contributed by atoms with van der Waals surface area (Å²) in [4.78, 5) is 4.53. The molecular weight excluding hydrogens is 427 g/mol. The summed E-state index contributed by atoms with van der Waals surface area (Å²) < 4.78 is 10.8. The minimum atomic E-state index is 0. The smallest absolute Gasteiger partial charge is 0.138 e. The van der Waals surface area contributed by atoms with Crippen LogP contribution in [0.15, 0.2) is 30.6 Å². The molecule has 1 aromatic carbocycles. The van der Waals surface area contributed by atoms with Crippen LogP contribution in [-0.4, -0.2) is 43.8 Å². The van der Waals surface area contributed by atoms with Gasteiger partial charge in [-0.15, -0.1) is 24.0 Å². The first-order chi connectivity index (χ1) is 10.7. The molecule has 0 fully saturated rings. The monoisotopic (exact) mass is 452 g/mol. The van der Waals surface area contributed by atoms with Gasteiger partial charge in [-0.2, -0.15) is 0 Å². The summed E-state index contributed by atoms with van der Waals surface area (Å²) in [6.07, 6.45) is 8.97. The molecule has 1 aliphatic heterocycles. The quantitative estimate of drug-likeness (QED) is 0.404. The van der Waals surface area contributed by atoms with Gasteiger partial charge in [0.2, 0.25) is 0 Å². The van der Waals surface area contributed by atoms with Gasteiger partial charge in [0.25, 0.3) is 0 Å². The van der Waals surface area contributed by atoms with Gasteiger partial charge in [0, 0.05) is 32.1 Å². The zero-order valence-electron chi connectivity index (χ0n) is 13.8. The summed E-state index contributed by atoms with van der Waals surface area (Å²) in [5.74, 6) is 1.48. The van der Waals surface area contributed by atoms with Crippen molar-refractivity contribution in [3.8, 4) is 11.5 Å². The van der Waals surface area contributed by atoms with Crippen LogP contribution in [0.1, 0.15) is 25.7 Å². The SMILES string of the molecule is COc1ccc(OCCCCCCN2C=CN(C)C2)c(Cl)c1.I. The summed E-state index contributed by atoms with van der Waals surface area (Å²) in [6.45, 7) is 2.85. The first kappa shape index (κ1) is 20.2. The first-order valence-electron chi connectivity index (χ1n) is 7.78. The number of hydrogen-bond acceptors (Lipinski definition) is 4. The molecule has 0 saturated heterocycles. The third-order valence-corrected chi connectivity index (χ3v) is 3.97. The number of halogens is 2. The Morgan fingerprint density at radius 2 is 1.91 bits per heavy atom. The summed E-state index contributed by atoms with van der Waals surface area (Å²) in [7, 11) is 3.72. The molecule has 2 rings (SSSR count). The molecule has 1 heterocycles. The Morgan fingerprint density at radius 1 is 1.13 bits per heavy atom. The van der Waals surface area contributed by atoms with Crippen LogP contribution >= 0.6 is 35.6 Å². The summed E-state index contributed by atoms with van der Waals surface area (Å²) in [5, 5.41) is 0.601. The topological polar surface area (TPSA) is 24.9 Å². The Hall–Kier alpha value is -0.820. The predicted molar refractivity (Wildman–Crippen MR) is 106 cm³/mol. The molecule has 0 atom stereocenters. The van der Waals surface area contributed by atoms with Crippen LogP contribution < -0.4 is 9.47 Å². The van der Waals surface area contributed by atoms with E-state index in [1.54, 1.807) is 13.2 Å². The van der Waals surface area contributed by atoms with Crippen molar-refractivity contribution in [2.24, 2.45) is 0 Å². The maximum atomic E-state index is 6.13. The van der Waals surface area contributed by atoms with Crippen molar-refractivity contribution < 1.29 is 9.47 Å². The van der Waals surface area contributed by atoms with Crippen molar-refractivity contribution in [1.29, 1.82) is 0 Å². The number of hydrogen-bond donors (Lipinski definition) is 0. The fourth-order valence-corrected chi connectivity index (χ4v) is 2.64. The van der Waals surface area contributed by atoms with E-state index in [0.717, 1.165) is 31.1 Å². The van der Waals surface area contributed by atoms with Crippen LogP contribution in [-0.2, 0) is 0 Å². The summed E-state index contributed by atoms with van der Waals surface area (Å²) >= 11 is 6.13. The average Bonchev–Trinajstić information content (AvgIpc) is 2.93. The predicted octanol–water partition coefficient (Wildman–Crippen LogP) is 4.58. The third kappa shape index (κ3) is 7.08. The van der Waals surface area contributed by atoms with Gasteiger partial charge < -0.3 is 19.3 Å². The highest BCUT2D eigenvalue weighted by atomic mass is 127. The Kier molecular flexibility index (Phi) is 9.55. The minimum absolute atomic E-state index is 0. The van der Waals surface area contributed by atoms with E-state index in [4.69, 9.17) is 21.1 Å². The maximum absolute atomic E-state index is 6.13. The molecule has 0 radical (unpaired) electrons. The highest BCUT2D eigenvalue weighted by Crippen LogP contribution is 2.28. The fraction of sp³-hybridized carbons (Fsp3) is 0.529. The lowest BCUT2D eigenvalue weighted by molar-refractivity contribution is 0.283. The first-order valence-corrected chi connectivity index (χ1v) is 8.16.